The van der Waals surface area contributed by atoms with Crippen LogP contribution in [0.4, 0.5) is 11.4 Å². The van der Waals surface area contributed by atoms with Gasteiger partial charge in [0.05, 0.1) is 18.5 Å². The number of anilines is 2. The molecular weight excluding hydrogens is 452 g/mol. The van der Waals surface area contributed by atoms with Crippen molar-refractivity contribution in [3.63, 3.8) is 0 Å². The van der Waals surface area contributed by atoms with Crippen molar-refractivity contribution < 1.29 is 19.2 Å². The molecule has 0 aliphatic carbocycles. The third-order valence-corrected chi connectivity index (χ3v) is 7.01. The highest BCUT2D eigenvalue weighted by atomic mass is 16.7. The summed E-state index contributed by atoms with van der Waals surface area (Å²) in [6, 6.07) is 35.2. The molecule has 6 rings (SSSR count). The van der Waals surface area contributed by atoms with Gasteiger partial charge < -0.3 is 4.74 Å². The van der Waals surface area contributed by atoms with Crippen molar-refractivity contribution in [1.29, 1.82) is 0 Å². The zero-order valence-electron chi connectivity index (χ0n) is 19.7. The second-order valence-corrected chi connectivity index (χ2v) is 8.87. The quantitative estimate of drug-likeness (QED) is 0.377. The van der Waals surface area contributed by atoms with Crippen molar-refractivity contribution in [3.8, 4) is 5.75 Å². The van der Waals surface area contributed by atoms with Crippen LogP contribution in [0.3, 0.4) is 0 Å². The Morgan fingerprint density at radius 1 is 0.722 bits per heavy atom. The molecule has 0 radical (unpaired) electrons. The van der Waals surface area contributed by atoms with E-state index in [4.69, 9.17) is 9.57 Å². The van der Waals surface area contributed by atoms with E-state index in [9.17, 15) is 9.59 Å². The smallest absolute Gasteiger partial charge is 0.267 e. The Hall–Kier alpha value is -4.42. The van der Waals surface area contributed by atoms with Gasteiger partial charge >= 0.3 is 0 Å². The van der Waals surface area contributed by atoms with Crippen LogP contribution < -0.4 is 14.7 Å². The van der Waals surface area contributed by atoms with Crippen LogP contribution in [0.15, 0.2) is 115 Å². The number of carbonyl (C=O) groups is 2. The number of fused-ring (bicyclic) bond motifs is 1. The summed E-state index contributed by atoms with van der Waals surface area (Å²) in [5, 5.41) is 1.73. The molecule has 2 saturated heterocycles. The van der Waals surface area contributed by atoms with Gasteiger partial charge in [-0.15, -0.1) is 0 Å². The van der Waals surface area contributed by atoms with E-state index in [0.29, 0.717) is 11.4 Å². The van der Waals surface area contributed by atoms with E-state index in [1.165, 1.54) is 4.90 Å². The Bertz CT molecular complexity index is 1390. The van der Waals surface area contributed by atoms with Crippen molar-refractivity contribution in [2.45, 2.75) is 17.6 Å². The number of nitrogens with zero attached hydrogens (tertiary/aromatic N) is 2. The van der Waals surface area contributed by atoms with E-state index in [0.717, 1.165) is 16.8 Å². The molecule has 0 spiro atoms. The molecule has 0 aromatic heterocycles. The lowest BCUT2D eigenvalue weighted by molar-refractivity contribution is -0.126. The number of amides is 2. The number of hydroxylamine groups is 1. The molecule has 6 heteroatoms. The van der Waals surface area contributed by atoms with Crippen molar-refractivity contribution in [2.24, 2.45) is 0 Å². The third-order valence-electron chi connectivity index (χ3n) is 7.01. The van der Waals surface area contributed by atoms with E-state index in [1.54, 1.807) is 36.4 Å². The summed E-state index contributed by atoms with van der Waals surface area (Å²) < 4.78 is 5.27. The Balaban J connectivity index is 1.59. The first-order valence-corrected chi connectivity index (χ1v) is 11.8. The van der Waals surface area contributed by atoms with Gasteiger partial charge in [-0.1, -0.05) is 78.9 Å². The Kier molecular flexibility index (Phi) is 5.31. The second-order valence-electron chi connectivity index (χ2n) is 8.87. The minimum Gasteiger partial charge on any atom is -0.497 e. The number of methoxy groups -OCH3 is 1. The summed E-state index contributed by atoms with van der Waals surface area (Å²) in [4.78, 5) is 36.3. The van der Waals surface area contributed by atoms with Crippen LogP contribution in [0.2, 0.25) is 0 Å². The molecular formula is C30H24N2O4. The fourth-order valence-electron chi connectivity index (χ4n) is 5.40. The molecule has 4 aromatic rings. The molecule has 2 heterocycles. The molecule has 2 aliphatic rings. The summed E-state index contributed by atoms with van der Waals surface area (Å²) in [6.45, 7) is 0. The van der Waals surface area contributed by atoms with Gasteiger partial charge in [-0.25, -0.2) is 9.96 Å². The molecule has 3 atom stereocenters. The van der Waals surface area contributed by atoms with Crippen LogP contribution in [-0.2, 0) is 19.8 Å². The highest BCUT2D eigenvalue weighted by molar-refractivity contribution is 6.28. The fourth-order valence-corrected chi connectivity index (χ4v) is 5.40. The van der Waals surface area contributed by atoms with Gasteiger partial charge in [-0.2, -0.15) is 0 Å². The Labute approximate surface area is 209 Å². The summed E-state index contributed by atoms with van der Waals surface area (Å²) in [6.07, 6.45) is -1.04. The molecule has 0 bridgehead atoms. The average Bonchev–Trinajstić information content (AvgIpc) is 3.41. The number of hydrogen-bond acceptors (Lipinski definition) is 5. The molecule has 4 aromatic carbocycles. The maximum Gasteiger partial charge on any atom is 0.267 e. The first-order valence-electron chi connectivity index (χ1n) is 11.8. The minimum atomic E-state index is -1.30. The molecule has 2 fully saturated rings. The van der Waals surface area contributed by atoms with Crippen molar-refractivity contribution in [3.05, 3.63) is 126 Å². The normalized spacial score (nSPS) is 23.1. The largest absolute Gasteiger partial charge is 0.497 e. The standard InChI is InChI=1S/C30H24N2O4/c1-35-25-19-17-23(18-20-25)31-28(33)27-30(29(31)34,22-13-7-3-8-14-22)26(21-11-5-2-6-12-21)32(36-27)24-15-9-4-10-16-24/h2-20,26-27H,1H3/t26-,27-,30-/m0/s1. The lowest BCUT2D eigenvalue weighted by atomic mass is 9.69. The van der Waals surface area contributed by atoms with Crippen molar-refractivity contribution in [2.75, 3.05) is 17.1 Å². The second kappa shape index (κ2) is 8.66. The van der Waals surface area contributed by atoms with Crippen LogP contribution in [0, 0.1) is 0 Å². The molecule has 178 valence electrons. The van der Waals surface area contributed by atoms with Gasteiger partial charge in [0.2, 0.25) is 5.91 Å². The van der Waals surface area contributed by atoms with Crippen LogP contribution in [0.1, 0.15) is 17.2 Å². The van der Waals surface area contributed by atoms with Crippen LogP contribution in [0.5, 0.6) is 5.75 Å². The third kappa shape index (κ3) is 3.15. The molecule has 6 nitrogen and oxygen atoms in total. The van der Waals surface area contributed by atoms with E-state index in [-0.39, 0.29) is 5.91 Å². The zero-order chi connectivity index (χ0) is 24.7. The lowest BCUT2D eigenvalue weighted by Gasteiger charge is -2.35. The average molecular weight is 477 g/mol. The molecule has 0 N–H and O–H groups in total. The molecule has 0 saturated carbocycles. The summed E-state index contributed by atoms with van der Waals surface area (Å²) in [5.41, 5.74) is 1.57. The van der Waals surface area contributed by atoms with E-state index in [2.05, 4.69) is 0 Å². The van der Waals surface area contributed by atoms with E-state index in [1.807, 2.05) is 91.0 Å². The number of benzene rings is 4. The summed E-state index contributed by atoms with van der Waals surface area (Å²) >= 11 is 0. The van der Waals surface area contributed by atoms with Crippen molar-refractivity contribution >= 4 is 23.2 Å². The number of imide groups is 1. The fraction of sp³-hybridized carbons (Fsp3) is 0.133. The highest BCUT2D eigenvalue weighted by Crippen LogP contribution is 2.57. The number of hydrogen-bond donors (Lipinski definition) is 0. The number of ether oxygens (including phenoxy) is 1. The predicted molar refractivity (Wildman–Crippen MR) is 137 cm³/mol. The zero-order valence-corrected chi connectivity index (χ0v) is 19.7. The van der Waals surface area contributed by atoms with Gasteiger partial charge in [0.25, 0.3) is 5.91 Å². The van der Waals surface area contributed by atoms with Crippen molar-refractivity contribution in [1.82, 2.24) is 0 Å². The van der Waals surface area contributed by atoms with Gasteiger partial charge in [0.15, 0.2) is 6.10 Å². The van der Waals surface area contributed by atoms with Crippen LogP contribution in [0.25, 0.3) is 0 Å². The van der Waals surface area contributed by atoms with Gasteiger partial charge in [-0.05, 0) is 47.5 Å². The highest BCUT2D eigenvalue weighted by Gasteiger charge is 2.72. The maximum atomic E-state index is 14.6. The Morgan fingerprint density at radius 2 is 1.31 bits per heavy atom. The van der Waals surface area contributed by atoms with E-state index < -0.39 is 23.5 Å². The first kappa shape index (κ1) is 22.1. The minimum absolute atomic E-state index is 0.318. The summed E-state index contributed by atoms with van der Waals surface area (Å²) in [7, 11) is 1.58. The van der Waals surface area contributed by atoms with Gasteiger partial charge in [-0.3, -0.25) is 14.4 Å². The molecule has 2 amide bonds. The monoisotopic (exact) mass is 476 g/mol. The predicted octanol–water partition coefficient (Wildman–Crippen LogP) is 5.07. The lowest BCUT2D eigenvalue weighted by Crippen LogP contribution is -2.46. The first-order chi connectivity index (χ1) is 17.7. The SMILES string of the molecule is COc1ccc(N2C(=O)[C@@H]3ON(c4ccccc4)[C@@H](c4ccccc4)[C@]3(c3ccccc3)C2=O)cc1. The Morgan fingerprint density at radius 3 is 1.92 bits per heavy atom. The molecule has 2 aliphatic heterocycles. The van der Waals surface area contributed by atoms with Crippen LogP contribution >= 0.6 is 0 Å². The molecule has 36 heavy (non-hydrogen) atoms. The number of rotatable bonds is 5. The summed E-state index contributed by atoms with van der Waals surface area (Å²) in [5.74, 6) is -0.0704. The molecule has 0 unspecified atom stereocenters. The number of para-hydroxylation sites is 1. The van der Waals surface area contributed by atoms with Crippen LogP contribution in [-0.4, -0.2) is 25.0 Å². The topological polar surface area (TPSA) is 59.1 Å². The van der Waals surface area contributed by atoms with E-state index >= 15 is 0 Å². The maximum absolute atomic E-state index is 14.6. The van der Waals surface area contributed by atoms with Gasteiger partial charge in [0, 0.05) is 0 Å². The number of carbonyl (C=O) groups excluding carboxylic acids is 2. The van der Waals surface area contributed by atoms with Gasteiger partial charge in [0.1, 0.15) is 17.2 Å².